The number of benzene rings is 2. The maximum atomic E-state index is 13.9. The Morgan fingerprint density at radius 2 is 1.63 bits per heavy atom. The minimum Gasteiger partial charge on any atom is -0.298 e. The van der Waals surface area contributed by atoms with E-state index in [1.807, 2.05) is 12.1 Å². The molecule has 1 fully saturated rings. The van der Waals surface area contributed by atoms with Gasteiger partial charge < -0.3 is 0 Å². The Hall–Kier alpha value is -2.34. The van der Waals surface area contributed by atoms with Gasteiger partial charge in [-0.25, -0.2) is 17.2 Å². The summed E-state index contributed by atoms with van der Waals surface area (Å²) >= 11 is 0. The largest absolute Gasteiger partial charge is 0.298 e. The quantitative estimate of drug-likeness (QED) is 0.804. The first-order valence-electron chi connectivity index (χ1n) is 8.57. The first-order valence-corrected chi connectivity index (χ1v) is 10.0. The van der Waals surface area contributed by atoms with E-state index >= 15 is 0 Å². The van der Waals surface area contributed by atoms with Crippen molar-refractivity contribution < 1.29 is 17.2 Å². The van der Waals surface area contributed by atoms with Gasteiger partial charge in [0.15, 0.2) is 4.90 Å². The molecule has 0 amide bonds. The molecule has 27 heavy (non-hydrogen) atoms. The summed E-state index contributed by atoms with van der Waals surface area (Å²) in [5, 5.41) is 8.85. The van der Waals surface area contributed by atoms with Crippen LogP contribution in [0.4, 0.5) is 8.78 Å². The van der Waals surface area contributed by atoms with Gasteiger partial charge in [-0.15, -0.1) is 0 Å². The molecule has 1 aliphatic heterocycles. The zero-order chi connectivity index (χ0) is 19.4. The number of hydrogen-bond donors (Lipinski definition) is 0. The molecule has 1 saturated heterocycles. The Morgan fingerprint density at radius 1 is 0.963 bits per heavy atom. The standard InChI is InChI=1S/C19H19F2N3O2S/c20-17-3-1-4-18(21)19(17)27(25,26)24-10-2-9-23(11-12-24)14-16-7-5-15(13-22)6-8-16/h1,3-8H,2,9-12,14H2. The minimum absolute atomic E-state index is 0.159. The van der Waals surface area contributed by atoms with E-state index in [1.165, 1.54) is 0 Å². The average molecular weight is 391 g/mol. The lowest BCUT2D eigenvalue weighted by Gasteiger charge is -2.22. The molecule has 142 valence electrons. The molecule has 1 heterocycles. The van der Waals surface area contributed by atoms with Gasteiger partial charge in [-0.2, -0.15) is 9.57 Å². The number of rotatable bonds is 4. The topological polar surface area (TPSA) is 64.4 Å². The van der Waals surface area contributed by atoms with Crippen LogP contribution in [0.25, 0.3) is 0 Å². The molecule has 0 bridgehead atoms. The minimum atomic E-state index is -4.23. The second-order valence-corrected chi connectivity index (χ2v) is 8.27. The fraction of sp³-hybridized carbons (Fsp3) is 0.316. The molecule has 0 aromatic heterocycles. The molecule has 2 aromatic rings. The third-order valence-electron chi connectivity index (χ3n) is 4.55. The first-order chi connectivity index (χ1) is 12.9. The van der Waals surface area contributed by atoms with E-state index in [-0.39, 0.29) is 13.1 Å². The molecule has 2 aromatic carbocycles. The molecule has 8 heteroatoms. The van der Waals surface area contributed by atoms with E-state index in [1.54, 1.807) is 12.1 Å². The SMILES string of the molecule is N#Cc1ccc(CN2CCCN(S(=O)(=O)c3c(F)cccc3F)CC2)cc1. The Balaban J connectivity index is 1.71. The molecular weight excluding hydrogens is 372 g/mol. The number of halogens is 2. The molecular formula is C19H19F2N3O2S. The van der Waals surface area contributed by atoms with Crippen LogP contribution in [0.15, 0.2) is 47.4 Å². The Bertz CT molecular complexity index is 936. The summed E-state index contributed by atoms with van der Waals surface area (Å²) in [7, 11) is -4.23. The molecule has 0 radical (unpaired) electrons. The van der Waals surface area contributed by atoms with Crippen LogP contribution < -0.4 is 0 Å². The molecule has 0 saturated carbocycles. The zero-order valence-corrected chi connectivity index (χ0v) is 15.4. The summed E-state index contributed by atoms with van der Waals surface area (Å²) in [5.41, 5.74) is 1.60. The maximum absolute atomic E-state index is 13.9. The lowest BCUT2D eigenvalue weighted by atomic mass is 10.1. The third-order valence-corrected chi connectivity index (χ3v) is 6.50. The highest BCUT2D eigenvalue weighted by Crippen LogP contribution is 2.24. The van der Waals surface area contributed by atoms with Gasteiger partial charge in [0.1, 0.15) is 11.6 Å². The van der Waals surface area contributed by atoms with Crippen LogP contribution in [0.3, 0.4) is 0 Å². The number of nitriles is 1. The van der Waals surface area contributed by atoms with Crippen molar-refractivity contribution in [2.75, 3.05) is 26.2 Å². The number of nitrogens with zero attached hydrogens (tertiary/aromatic N) is 3. The van der Waals surface area contributed by atoms with Crippen LogP contribution in [-0.2, 0) is 16.6 Å². The van der Waals surface area contributed by atoms with Gasteiger partial charge in [0.2, 0.25) is 10.0 Å². The van der Waals surface area contributed by atoms with Crippen molar-refractivity contribution in [2.45, 2.75) is 17.9 Å². The van der Waals surface area contributed by atoms with Crippen molar-refractivity contribution in [1.82, 2.24) is 9.21 Å². The molecule has 5 nitrogen and oxygen atoms in total. The van der Waals surface area contributed by atoms with Crippen LogP contribution in [-0.4, -0.2) is 43.8 Å². The zero-order valence-electron chi connectivity index (χ0n) is 14.6. The van der Waals surface area contributed by atoms with Gasteiger partial charge in [-0.1, -0.05) is 18.2 Å². The van der Waals surface area contributed by atoms with E-state index in [9.17, 15) is 17.2 Å². The van der Waals surface area contributed by atoms with E-state index in [0.29, 0.717) is 31.6 Å². The third kappa shape index (κ3) is 4.33. The van der Waals surface area contributed by atoms with E-state index < -0.39 is 26.6 Å². The molecule has 0 spiro atoms. The van der Waals surface area contributed by atoms with Crippen LogP contribution in [0.2, 0.25) is 0 Å². The second-order valence-electron chi connectivity index (χ2n) is 6.39. The predicted octanol–water partition coefficient (Wildman–Crippen LogP) is 2.73. The summed E-state index contributed by atoms with van der Waals surface area (Å²) < 4.78 is 54.5. The van der Waals surface area contributed by atoms with Gasteiger partial charge in [0, 0.05) is 26.2 Å². The molecule has 1 aliphatic rings. The van der Waals surface area contributed by atoms with Crippen molar-refractivity contribution in [2.24, 2.45) is 0 Å². The van der Waals surface area contributed by atoms with Crippen molar-refractivity contribution in [3.63, 3.8) is 0 Å². The van der Waals surface area contributed by atoms with Gasteiger partial charge in [-0.3, -0.25) is 4.90 Å². The Kier molecular flexibility index (Phi) is 5.85. The van der Waals surface area contributed by atoms with Crippen LogP contribution in [0.5, 0.6) is 0 Å². The van der Waals surface area contributed by atoms with Crippen molar-refractivity contribution in [3.05, 3.63) is 65.2 Å². The number of hydrogen-bond acceptors (Lipinski definition) is 4. The first kappa shape index (κ1) is 19.4. The van der Waals surface area contributed by atoms with Crippen LogP contribution in [0.1, 0.15) is 17.5 Å². The van der Waals surface area contributed by atoms with Crippen molar-refractivity contribution in [3.8, 4) is 6.07 Å². The molecule has 0 N–H and O–H groups in total. The normalized spacial score (nSPS) is 16.6. The fourth-order valence-corrected chi connectivity index (χ4v) is 4.73. The highest BCUT2D eigenvalue weighted by atomic mass is 32.2. The Morgan fingerprint density at radius 3 is 2.26 bits per heavy atom. The van der Waals surface area contributed by atoms with E-state index in [0.717, 1.165) is 28.1 Å². The molecule has 0 atom stereocenters. The molecule has 0 aliphatic carbocycles. The fourth-order valence-electron chi connectivity index (χ4n) is 3.15. The highest BCUT2D eigenvalue weighted by Gasteiger charge is 2.31. The predicted molar refractivity (Wildman–Crippen MR) is 96.2 cm³/mol. The number of sulfonamides is 1. The van der Waals surface area contributed by atoms with E-state index in [2.05, 4.69) is 11.0 Å². The van der Waals surface area contributed by atoms with Gasteiger partial charge in [0.05, 0.1) is 11.6 Å². The van der Waals surface area contributed by atoms with Gasteiger partial charge in [-0.05, 0) is 42.8 Å². The Labute approximate surface area is 157 Å². The van der Waals surface area contributed by atoms with Crippen molar-refractivity contribution >= 4 is 10.0 Å². The van der Waals surface area contributed by atoms with E-state index in [4.69, 9.17) is 5.26 Å². The van der Waals surface area contributed by atoms with Crippen molar-refractivity contribution in [1.29, 1.82) is 5.26 Å². The summed E-state index contributed by atoms with van der Waals surface area (Å²) in [6.45, 7) is 2.11. The lowest BCUT2D eigenvalue weighted by molar-refractivity contribution is 0.278. The molecule has 3 rings (SSSR count). The lowest BCUT2D eigenvalue weighted by Crippen LogP contribution is -2.36. The van der Waals surface area contributed by atoms with Crippen LogP contribution >= 0.6 is 0 Å². The average Bonchev–Trinajstić information content (AvgIpc) is 2.88. The summed E-state index contributed by atoms with van der Waals surface area (Å²) in [4.78, 5) is 1.21. The van der Waals surface area contributed by atoms with Gasteiger partial charge in [0.25, 0.3) is 0 Å². The second kappa shape index (κ2) is 8.13. The van der Waals surface area contributed by atoms with Crippen LogP contribution in [0, 0.1) is 23.0 Å². The van der Waals surface area contributed by atoms with Gasteiger partial charge >= 0.3 is 0 Å². The summed E-state index contributed by atoms with van der Waals surface area (Å²) in [6.07, 6.45) is 0.561. The maximum Gasteiger partial charge on any atom is 0.248 e. The smallest absolute Gasteiger partial charge is 0.248 e. The summed E-state index contributed by atoms with van der Waals surface area (Å²) in [5.74, 6) is -2.15. The highest BCUT2D eigenvalue weighted by molar-refractivity contribution is 7.89. The monoisotopic (exact) mass is 391 g/mol. The summed E-state index contributed by atoms with van der Waals surface area (Å²) in [6, 6.07) is 12.3. The molecule has 0 unspecified atom stereocenters.